The van der Waals surface area contributed by atoms with Gasteiger partial charge in [-0.2, -0.15) is 0 Å². The van der Waals surface area contributed by atoms with Crippen molar-refractivity contribution in [2.75, 3.05) is 12.8 Å². The lowest BCUT2D eigenvalue weighted by Crippen LogP contribution is -1.95. The Bertz CT molecular complexity index is 2620. The normalized spacial score (nSPS) is 11.0. The minimum Gasteiger partial charge on any atom is -0.399 e. The van der Waals surface area contributed by atoms with E-state index in [9.17, 15) is 0 Å². The molecule has 52 heavy (non-hydrogen) atoms. The van der Waals surface area contributed by atoms with Crippen molar-refractivity contribution in [2.24, 2.45) is 5.73 Å². The summed E-state index contributed by atoms with van der Waals surface area (Å²) >= 11 is 0. The van der Waals surface area contributed by atoms with E-state index in [1.807, 2.05) is 6.07 Å². The lowest BCUT2D eigenvalue weighted by atomic mass is 9.83. The van der Waals surface area contributed by atoms with Gasteiger partial charge in [-0.3, -0.25) is 0 Å². The Morgan fingerprint density at radius 2 is 0.885 bits per heavy atom. The zero-order valence-electron chi connectivity index (χ0n) is 29.1. The molecule has 0 saturated heterocycles. The second kappa shape index (κ2) is 14.3. The van der Waals surface area contributed by atoms with E-state index < -0.39 is 0 Å². The average molecular weight is 670 g/mol. The Morgan fingerprint density at radius 1 is 0.365 bits per heavy atom. The van der Waals surface area contributed by atoms with Crippen LogP contribution in [0.4, 0.5) is 5.69 Å². The van der Waals surface area contributed by atoms with Crippen molar-refractivity contribution in [2.45, 2.75) is 0 Å². The van der Waals surface area contributed by atoms with Gasteiger partial charge in [0.25, 0.3) is 0 Å². The van der Waals surface area contributed by atoms with Crippen molar-refractivity contribution < 1.29 is 0 Å². The first-order chi connectivity index (χ1) is 25.7. The first kappa shape index (κ1) is 32.5. The summed E-state index contributed by atoms with van der Waals surface area (Å²) in [5.41, 5.74) is 26.9. The molecule has 0 radical (unpaired) electrons. The number of fused-ring (bicyclic) bond motifs is 3. The summed E-state index contributed by atoms with van der Waals surface area (Å²) in [6.07, 6.45) is 0. The van der Waals surface area contributed by atoms with E-state index in [4.69, 9.17) is 5.73 Å². The number of anilines is 1. The smallest absolute Gasteiger partial charge is 0.0547 e. The molecule has 0 unspecified atom stereocenters. The molecule has 9 aromatic rings. The van der Waals surface area contributed by atoms with Crippen LogP contribution in [-0.4, -0.2) is 11.6 Å². The van der Waals surface area contributed by atoms with Crippen LogP contribution in [0.1, 0.15) is 0 Å². The second-order valence-electron chi connectivity index (χ2n) is 12.8. The molecule has 250 valence electrons. The minimum absolute atomic E-state index is 0.743. The monoisotopic (exact) mass is 669 g/mol. The molecule has 0 saturated carbocycles. The molecule has 0 spiro atoms. The van der Waals surface area contributed by atoms with Crippen LogP contribution >= 0.6 is 0 Å². The lowest BCUT2D eigenvalue weighted by Gasteiger charge is -2.20. The van der Waals surface area contributed by atoms with Crippen molar-refractivity contribution in [1.82, 2.24) is 4.57 Å². The first-order valence-corrected chi connectivity index (χ1v) is 17.6. The zero-order chi connectivity index (χ0) is 35.4. The summed E-state index contributed by atoms with van der Waals surface area (Å²) in [4.78, 5) is 0. The standard InChI is InChI=1S/C48H34N2.CH5N/c49-39-19-12-18-37(30-39)43-31-38(34-16-6-2-7-17-34)32-44(47(43)36-28-26-35(27-29-36)33-14-4-1-5-15-33)41-23-13-25-46-48(41)42-22-10-11-24-45(42)50(46)40-20-8-3-9-21-40;1-2/h1-32H,49H2;2H2,1H3. The van der Waals surface area contributed by atoms with E-state index in [0.717, 1.165) is 33.6 Å². The molecule has 9 rings (SSSR count). The third-order valence-corrected chi connectivity index (χ3v) is 9.73. The van der Waals surface area contributed by atoms with Crippen LogP contribution in [0.2, 0.25) is 0 Å². The quantitative estimate of drug-likeness (QED) is 0.173. The van der Waals surface area contributed by atoms with Gasteiger partial charge in [-0.25, -0.2) is 0 Å². The molecule has 3 nitrogen and oxygen atoms in total. The number of rotatable bonds is 6. The van der Waals surface area contributed by atoms with Crippen molar-refractivity contribution in [3.63, 3.8) is 0 Å². The van der Waals surface area contributed by atoms with Gasteiger partial charge < -0.3 is 16.0 Å². The van der Waals surface area contributed by atoms with Crippen molar-refractivity contribution in [1.29, 1.82) is 0 Å². The highest BCUT2D eigenvalue weighted by atomic mass is 15.0. The van der Waals surface area contributed by atoms with Crippen molar-refractivity contribution in [3.05, 3.63) is 194 Å². The van der Waals surface area contributed by atoms with Crippen molar-refractivity contribution >= 4 is 27.5 Å². The summed E-state index contributed by atoms with van der Waals surface area (Å²) in [5.74, 6) is 0. The SMILES string of the molecule is CN.Nc1cccc(-c2cc(-c3ccccc3)cc(-c3cccc4c3c3ccccc3n4-c3ccccc3)c2-c2ccc(-c3ccccc3)cc2)c1. The number of benzene rings is 8. The van der Waals surface area contributed by atoms with Crippen LogP contribution < -0.4 is 11.5 Å². The van der Waals surface area contributed by atoms with Crippen LogP contribution in [0, 0.1) is 0 Å². The molecule has 0 atom stereocenters. The topological polar surface area (TPSA) is 57.0 Å². The number of aromatic nitrogens is 1. The Hall–Kier alpha value is -6.68. The van der Waals surface area contributed by atoms with E-state index in [1.54, 1.807) is 0 Å². The number of nitrogens with two attached hydrogens (primary N) is 2. The third-order valence-electron chi connectivity index (χ3n) is 9.73. The van der Waals surface area contributed by atoms with E-state index in [-0.39, 0.29) is 0 Å². The Kier molecular flexibility index (Phi) is 8.93. The number of nitrogen functional groups attached to an aromatic ring is 1. The molecular formula is C49H39N3. The number of para-hydroxylation sites is 2. The van der Waals surface area contributed by atoms with Crippen LogP contribution in [-0.2, 0) is 0 Å². The molecule has 0 aliphatic rings. The van der Waals surface area contributed by atoms with E-state index in [0.29, 0.717) is 0 Å². The van der Waals surface area contributed by atoms with Crippen LogP contribution in [0.3, 0.4) is 0 Å². The highest BCUT2D eigenvalue weighted by molar-refractivity contribution is 6.17. The maximum Gasteiger partial charge on any atom is 0.0547 e. The number of hydrogen-bond donors (Lipinski definition) is 2. The Balaban J connectivity index is 0.00000190. The van der Waals surface area contributed by atoms with Crippen molar-refractivity contribution in [3.8, 4) is 61.3 Å². The lowest BCUT2D eigenvalue weighted by molar-refractivity contribution is 1.18. The van der Waals surface area contributed by atoms with Crippen LogP contribution in [0.5, 0.6) is 0 Å². The van der Waals surface area contributed by atoms with Gasteiger partial charge in [0.2, 0.25) is 0 Å². The maximum atomic E-state index is 6.46. The summed E-state index contributed by atoms with van der Waals surface area (Å²) in [6, 6.07) is 69.5. The summed E-state index contributed by atoms with van der Waals surface area (Å²) in [6.45, 7) is 0. The molecule has 1 aromatic heterocycles. The van der Waals surface area contributed by atoms with Gasteiger partial charge in [0, 0.05) is 22.1 Å². The van der Waals surface area contributed by atoms with Gasteiger partial charge in [0.15, 0.2) is 0 Å². The highest BCUT2D eigenvalue weighted by Gasteiger charge is 2.22. The second-order valence-corrected chi connectivity index (χ2v) is 12.8. The maximum absolute atomic E-state index is 6.46. The molecule has 0 fully saturated rings. The first-order valence-electron chi connectivity index (χ1n) is 17.6. The fraction of sp³-hybridized carbons (Fsp3) is 0.0204. The Morgan fingerprint density at radius 3 is 1.58 bits per heavy atom. The molecule has 1 heterocycles. The summed E-state index contributed by atoms with van der Waals surface area (Å²) in [5, 5.41) is 2.46. The van der Waals surface area contributed by atoms with Gasteiger partial charge in [0.05, 0.1) is 11.0 Å². The zero-order valence-corrected chi connectivity index (χ0v) is 29.1. The van der Waals surface area contributed by atoms with E-state index >= 15 is 0 Å². The van der Waals surface area contributed by atoms with Gasteiger partial charge in [-0.1, -0.05) is 146 Å². The summed E-state index contributed by atoms with van der Waals surface area (Å²) in [7, 11) is 1.50. The molecule has 0 aliphatic carbocycles. The molecule has 4 N–H and O–H groups in total. The molecule has 3 heteroatoms. The van der Waals surface area contributed by atoms with Gasteiger partial charge in [-0.15, -0.1) is 0 Å². The van der Waals surface area contributed by atoms with Gasteiger partial charge >= 0.3 is 0 Å². The molecule has 0 aliphatic heterocycles. The average Bonchev–Trinajstić information content (AvgIpc) is 3.57. The number of hydrogen-bond acceptors (Lipinski definition) is 2. The third kappa shape index (κ3) is 5.94. The predicted molar refractivity (Wildman–Crippen MR) is 222 cm³/mol. The fourth-order valence-corrected chi connectivity index (χ4v) is 7.46. The molecular weight excluding hydrogens is 631 g/mol. The van der Waals surface area contributed by atoms with Crippen LogP contribution in [0.25, 0.3) is 83.1 Å². The molecule has 8 aromatic carbocycles. The molecule has 0 amide bonds. The van der Waals surface area contributed by atoms with Crippen LogP contribution in [0.15, 0.2) is 194 Å². The molecule has 0 bridgehead atoms. The van der Waals surface area contributed by atoms with E-state index in [2.05, 4.69) is 198 Å². The van der Waals surface area contributed by atoms with Gasteiger partial charge in [-0.05, 0) is 111 Å². The van der Waals surface area contributed by atoms with Gasteiger partial charge in [0.1, 0.15) is 0 Å². The summed E-state index contributed by atoms with van der Waals surface area (Å²) < 4.78 is 2.39. The fourth-order valence-electron chi connectivity index (χ4n) is 7.46. The predicted octanol–water partition coefficient (Wildman–Crippen LogP) is 12.3. The highest BCUT2D eigenvalue weighted by Crippen LogP contribution is 2.47. The van der Waals surface area contributed by atoms with E-state index in [1.165, 1.54) is 62.2 Å². The largest absolute Gasteiger partial charge is 0.399 e. The number of nitrogens with zero attached hydrogens (tertiary/aromatic N) is 1. The minimum atomic E-state index is 0.743. The Labute approximate surface area is 305 Å².